The van der Waals surface area contributed by atoms with Crippen LogP contribution >= 0.6 is 0 Å². The SMILES string of the molecule is CC(C)C1CO/C(=C2\C=CC=C2[Si](C)(C)C)N1. The molecule has 2 rings (SSSR count). The fourth-order valence-electron chi connectivity index (χ4n) is 2.21. The zero-order chi connectivity index (χ0) is 12.6. The largest absolute Gasteiger partial charge is 0.477 e. The molecule has 1 unspecified atom stereocenters. The summed E-state index contributed by atoms with van der Waals surface area (Å²) in [6.45, 7) is 12.4. The standard InChI is InChI=1S/C14H23NOSi/c1-10(2)12-9-16-14(15-12)11-7-6-8-13(11)17(3,4)5/h6-8,10,12,15H,9H2,1-5H3/b14-11+. The van der Waals surface area contributed by atoms with Crippen LogP contribution in [0.3, 0.4) is 0 Å². The molecule has 2 aliphatic rings. The van der Waals surface area contributed by atoms with Crippen molar-refractivity contribution >= 4 is 8.07 Å². The Morgan fingerprint density at radius 2 is 2.06 bits per heavy atom. The van der Waals surface area contributed by atoms with Gasteiger partial charge in [-0.25, -0.2) is 0 Å². The molecule has 0 amide bonds. The summed E-state index contributed by atoms with van der Waals surface area (Å²) in [4.78, 5) is 0. The van der Waals surface area contributed by atoms with Crippen LogP contribution in [0.2, 0.25) is 19.6 Å². The van der Waals surface area contributed by atoms with E-state index >= 15 is 0 Å². The van der Waals surface area contributed by atoms with Crippen molar-refractivity contribution in [3.05, 3.63) is 34.9 Å². The van der Waals surface area contributed by atoms with Crippen molar-refractivity contribution in [3.8, 4) is 0 Å². The Morgan fingerprint density at radius 1 is 1.35 bits per heavy atom. The van der Waals surface area contributed by atoms with Crippen LogP contribution in [0.15, 0.2) is 34.9 Å². The maximum Gasteiger partial charge on any atom is 0.194 e. The first-order chi connectivity index (χ1) is 7.89. The van der Waals surface area contributed by atoms with Gasteiger partial charge in [0.2, 0.25) is 0 Å². The van der Waals surface area contributed by atoms with Crippen molar-refractivity contribution in [2.45, 2.75) is 39.5 Å². The molecule has 94 valence electrons. The molecule has 0 aromatic carbocycles. The molecule has 0 spiro atoms. The zero-order valence-corrected chi connectivity index (χ0v) is 12.5. The minimum Gasteiger partial charge on any atom is -0.477 e. The summed E-state index contributed by atoms with van der Waals surface area (Å²) in [6, 6.07) is 0.453. The van der Waals surface area contributed by atoms with Crippen LogP contribution in [-0.2, 0) is 4.74 Å². The first-order valence-electron chi connectivity index (χ1n) is 6.42. The Morgan fingerprint density at radius 3 is 2.59 bits per heavy atom. The van der Waals surface area contributed by atoms with Crippen LogP contribution in [-0.4, -0.2) is 20.7 Å². The Bertz CT molecular complexity index is 399. The van der Waals surface area contributed by atoms with Crippen LogP contribution in [0.25, 0.3) is 0 Å². The average molecular weight is 249 g/mol. The number of allylic oxidation sites excluding steroid dienone is 5. The predicted molar refractivity (Wildman–Crippen MR) is 75.3 cm³/mol. The second-order valence-corrected chi connectivity index (χ2v) is 11.3. The Kier molecular flexibility index (Phi) is 3.21. The van der Waals surface area contributed by atoms with Crippen molar-refractivity contribution < 1.29 is 4.74 Å². The van der Waals surface area contributed by atoms with E-state index in [4.69, 9.17) is 4.74 Å². The van der Waals surface area contributed by atoms with E-state index in [1.54, 1.807) is 0 Å². The fraction of sp³-hybridized carbons (Fsp3) is 0.571. The summed E-state index contributed by atoms with van der Waals surface area (Å²) in [5.41, 5.74) is 1.28. The van der Waals surface area contributed by atoms with E-state index in [2.05, 4.69) is 57.0 Å². The molecule has 3 heteroatoms. The lowest BCUT2D eigenvalue weighted by atomic mass is 10.1. The molecule has 0 saturated carbocycles. The van der Waals surface area contributed by atoms with E-state index in [0.717, 1.165) is 12.5 Å². The minimum atomic E-state index is -1.28. The molecule has 1 aliphatic carbocycles. The van der Waals surface area contributed by atoms with Crippen molar-refractivity contribution in [2.75, 3.05) is 6.61 Å². The van der Waals surface area contributed by atoms with E-state index in [1.807, 2.05) is 0 Å². The molecule has 1 atom stereocenters. The maximum absolute atomic E-state index is 5.83. The van der Waals surface area contributed by atoms with Gasteiger partial charge in [0.25, 0.3) is 0 Å². The van der Waals surface area contributed by atoms with Gasteiger partial charge >= 0.3 is 0 Å². The predicted octanol–water partition coefficient (Wildman–Crippen LogP) is 3.22. The monoisotopic (exact) mass is 249 g/mol. The third kappa shape index (κ3) is 2.49. The summed E-state index contributed by atoms with van der Waals surface area (Å²) >= 11 is 0. The van der Waals surface area contributed by atoms with Gasteiger partial charge in [-0.2, -0.15) is 0 Å². The number of nitrogens with one attached hydrogen (secondary N) is 1. The Labute approximate surface area is 105 Å². The van der Waals surface area contributed by atoms with Gasteiger partial charge in [0, 0.05) is 5.57 Å². The lowest BCUT2D eigenvalue weighted by Gasteiger charge is -2.21. The average Bonchev–Trinajstić information content (AvgIpc) is 2.85. The number of ether oxygens (including phenoxy) is 1. The van der Waals surface area contributed by atoms with Crippen LogP contribution in [0.4, 0.5) is 0 Å². The quantitative estimate of drug-likeness (QED) is 0.759. The van der Waals surface area contributed by atoms with Gasteiger partial charge in [0.15, 0.2) is 5.88 Å². The number of hydrogen-bond acceptors (Lipinski definition) is 2. The molecule has 0 bridgehead atoms. The van der Waals surface area contributed by atoms with Crippen LogP contribution in [0.1, 0.15) is 13.8 Å². The van der Waals surface area contributed by atoms with Gasteiger partial charge in [-0.3, -0.25) is 0 Å². The second-order valence-electron chi connectivity index (χ2n) is 6.24. The van der Waals surface area contributed by atoms with E-state index < -0.39 is 8.07 Å². The van der Waals surface area contributed by atoms with Crippen LogP contribution in [0, 0.1) is 5.92 Å². The second kappa shape index (κ2) is 4.37. The van der Waals surface area contributed by atoms with Gasteiger partial charge in [-0.15, -0.1) is 0 Å². The molecule has 0 radical (unpaired) electrons. The van der Waals surface area contributed by atoms with Crippen molar-refractivity contribution in [3.63, 3.8) is 0 Å². The zero-order valence-electron chi connectivity index (χ0n) is 11.5. The molecule has 0 aromatic rings. The molecular formula is C14H23NOSi. The smallest absolute Gasteiger partial charge is 0.194 e. The Hall–Kier alpha value is -0.963. The first-order valence-corrected chi connectivity index (χ1v) is 9.92. The lowest BCUT2D eigenvalue weighted by molar-refractivity contribution is 0.242. The third-order valence-electron chi connectivity index (χ3n) is 3.40. The van der Waals surface area contributed by atoms with E-state index in [9.17, 15) is 0 Å². The molecule has 1 fully saturated rings. The fourth-order valence-corrected chi connectivity index (χ4v) is 3.81. The van der Waals surface area contributed by atoms with E-state index in [1.165, 1.54) is 10.8 Å². The van der Waals surface area contributed by atoms with E-state index in [-0.39, 0.29) is 0 Å². The first kappa shape index (κ1) is 12.5. The summed E-state index contributed by atoms with van der Waals surface area (Å²) < 4.78 is 5.83. The highest BCUT2D eigenvalue weighted by Gasteiger charge is 2.30. The summed E-state index contributed by atoms with van der Waals surface area (Å²) in [6.07, 6.45) is 6.57. The van der Waals surface area contributed by atoms with Gasteiger partial charge in [-0.1, -0.05) is 45.6 Å². The molecule has 1 heterocycles. The summed E-state index contributed by atoms with van der Waals surface area (Å²) in [7, 11) is -1.28. The van der Waals surface area contributed by atoms with Gasteiger partial charge < -0.3 is 10.1 Å². The van der Waals surface area contributed by atoms with Crippen molar-refractivity contribution in [2.24, 2.45) is 5.92 Å². The van der Waals surface area contributed by atoms with Gasteiger partial charge in [-0.05, 0) is 17.2 Å². The normalized spacial score (nSPS) is 28.4. The number of hydrogen-bond donors (Lipinski definition) is 1. The molecular weight excluding hydrogens is 226 g/mol. The Balaban J connectivity index is 2.23. The summed E-state index contributed by atoms with van der Waals surface area (Å²) in [5, 5.41) is 5.01. The summed E-state index contributed by atoms with van der Waals surface area (Å²) in [5.74, 6) is 1.60. The molecule has 0 aromatic heterocycles. The van der Waals surface area contributed by atoms with Crippen molar-refractivity contribution in [1.82, 2.24) is 5.32 Å². The van der Waals surface area contributed by atoms with E-state index in [0.29, 0.717) is 12.0 Å². The van der Waals surface area contributed by atoms with Crippen LogP contribution < -0.4 is 5.32 Å². The highest BCUT2D eigenvalue weighted by Crippen LogP contribution is 2.31. The molecule has 2 nitrogen and oxygen atoms in total. The molecule has 17 heavy (non-hydrogen) atoms. The minimum absolute atomic E-state index is 0.453. The van der Waals surface area contributed by atoms with Crippen LogP contribution in [0.5, 0.6) is 0 Å². The molecule has 1 N–H and O–H groups in total. The molecule has 1 aliphatic heterocycles. The van der Waals surface area contributed by atoms with Gasteiger partial charge in [0.05, 0.1) is 14.1 Å². The topological polar surface area (TPSA) is 21.3 Å². The van der Waals surface area contributed by atoms with Crippen molar-refractivity contribution in [1.29, 1.82) is 0 Å². The lowest BCUT2D eigenvalue weighted by Crippen LogP contribution is -2.30. The van der Waals surface area contributed by atoms with Gasteiger partial charge in [0.1, 0.15) is 6.61 Å². The molecule has 1 saturated heterocycles. The highest BCUT2D eigenvalue weighted by molar-refractivity contribution is 6.84. The third-order valence-corrected chi connectivity index (χ3v) is 5.45. The highest BCUT2D eigenvalue weighted by atomic mass is 28.3. The number of rotatable bonds is 2. The maximum atomic E-state index is 5.83.